The van der Waals surface area contributed by atoms with Crippen LogP contribution in [0.25, 0.3) is 5.65 Å². The van der Waals surface area contributed by atoms with Gasteiger partial charge in [-0.2, -0.15) is 4.39 Å². The van der Waals surface area contributed by atoms with Crippen LogP contribution in [0.2, 0.25) is 0 Å². The van der Waals surface area contributed by atoms with E-state index in [9.17, 15) is 13.6 Å². The number of halogens is 3. The van der Waals surface area contributed by atoms with E-state index in [1.165, 1.54) is 12.3 Å². The smallest absolute Gasteiger partial charge is 0.265 e. The largest absolute Gasteiger partial charge is 0.294 e. The highest BCUT2D eigenvalue weighted by Gasteiger charge is 2.13. The fraction of sp³-hybridized carbons (Fsp3) is 0.200. The molecular formula is C10H7BrF2N2O. The molecule has 2 rings (SSSR count). The standard InChI is InChI=1S/C10H7BrF2N2O/c1-2-7-8(13)10(16)15-4-5(11)3-6(12)9(15)14-7/h3-4H,2H2,1H3. The third-order valence-corrected chi connectivity index (χ3v) is 2.63. The van der Waals surface area contributed by atoms with Gasteiger partial charge >= 0.3 is 0 Å². The van der Waals surface area contributed by atoms with E-state index < -0.39 is 17.2 Å². The Morgan fingerprint density at radius 3 is 2.81 bits per heavy atom. The van der Waals surface area contributed by atoms with E-state index in [1.807, 2.05) is 0 Å². The van der Waals surface area contributed by atoms with Crippen LogP contribution < -0.4 is 5.56 Å². The predicted molar refractivity (Wildman–Crippen MR) is 58.5 cm³/mol. The maximum Gasteiger partial charge on any atom is 0.294 e. The Kier molecular flexibility index (Phi) is 2.75. The highest BCUT2D eigenvalue weighted by molar-refractivity contribution is 9.10. The summed E-state index contributed by atoms with van der Waals surface area (Å²) in [5, 5.41) is 0. The molecule has 0 radical (unpaired) electrons. The van der Waals surface area contributed by atoms with Gasteiger partial charge in [-0.25, -0.2) is 9.37 Å². The Labute approximate surface area is 97.9 Å². The molecule has 0 bridgehead atoms. The summed E-state index contributed by atoms with van der Waals surface area (Å²) in [7, 11) is 0. The van der Waals surface area contributed by atoms with E-state index in [4.69, 9.17) is 0 Å². The van der Waals surface area contributed by atoms with E-state index in [0.29, 0.717) is 4.47 Å². The van der Waals surface area contributed by atoms with E-state index in [-0.39, 0.29) is 17.8 Å². The van der Waals surface area contributed by atoms with Gasteiger partial charge in [0.05, 0.1) is 5.69 Å². The topological polar surface area (TPSA) is 34.4 Å². The fourth-order valence-corrected chi connectivity index (χ4v) is 1.83. The molecule has 0 N–H and O–H groups in total. The van der Waals surface area contributed by atoms with Crippen molar-refractivity contribution in [2.24, 2.45) is 0 Å². The fourth-order valence-electron chi connectivity index (χ4n) is 1.42. The third-order valence-electron chi connectivity index (χ3n) is 2.19. The molecule has 0 fully saturated rings. The molecule has 0 amide bonds. The molecule has 0 spiro atoms. The second-order valence-corrected chi connectivity index (χ2v) is 4.15. The van der Waals surface area contributed by atoms with Crippen LogP contribution in [-0.2, 0) is 6.42 Å². The molecule has 0 aliphatic heterocycles. The van der Waals surface area contributed by atoms with Gasteiger partial charge in [-0.1, -0.05) is 6.92 Å². The van der Waals surface area contributed by atoms with Gasteiger partial charge in [-0.3, -0.25) is 9.20 Å². The van der Waals surface area contributed by atoms with Crippen molar-refractivity contribution in [3.63, 3.8) is 0 Å². The second kappa shape index (κ2) is 3.93. The molecule has 2 aromatic heterocycles. The lowest BCUT2D eigenvalue weighted by Crippen LogP contribution is -2.22. The third kappa shape index (κ3) is 1.63. The number of aromatic nitrogens is 2. The minimum atomic E-state index is -0.933. The van der Waals surface area contributed by atoms with Crippen molar-refractivity contribution in [1.82, 2.24) is 9.38 Å². The Morgan fingerprint density at radius 2 is 2.19 bits per heavy atom. The number of rotatable bonds is 1. The lowest BCUT2D eigenvalue weighted by Gasteiger charge is -2.05. The van der Waals surface area contributed by atoms with Gasteiger partial charge in [0.15, 0.2) is 11.5 Å². The minimum absolute atomic E-state index is 0.0220. The molecule has 2 aromatic rings. The van der Waals surface area contributed by atoms with Gasteiger partial charge in [-0.05, 0) is 28.4 Å². The second-order valence-electron chi connectivity index (χ2n) is 3.23. The number of pyridine rings is 1. The first-order chi connectivity index (χ1) is 7.54. The molecule has 2 heterocycles. The maximum atomic E-state index is 13.5. The molecule has 0 aliphatic rings. The maximum absolute atomic E-state index is 13.5. The highest BCUT2D eigenvalue weighted by Crippen LogP contribution is 2.15. The van der Waals surface area contributed by atoms with Crippen molar-refractivity contribution < 1.29 is 8.78 Å². The molecular weight excluding hydrogens is 282 g/mol. The number of nitrogens with zero attached hydrogens (tertiary/aromatic N) is 2. The average molecular weight is 289 g/mol. The Morgan fingerprint density at radius 1 is 1.50 bits per heavy atom. The molecule has 6 heteroatoms. The van der Waals surface area contributed by atoms with Crippen molar-refractivity contribution in [1.29, 1.82) is 0 Å². The van der Waals surface area contributed by atoms with Crippen molar-refractivity contribution in [2.45, 2.75) is 13.3 Å². The zero-order chi connectivity index (χ0) is 11.9. The first-order valence-electron chi connectivity index (χ1n) is 4.60. The van der Waals surface area contributed by atoms with Gasteiger partial charge in [0.2, 0.25) is 5.82 Å². The predicted octanol–water partition coefficient (Wildman–Crippen LogP) is 2.30. The summed E-state index contributed by atoms with van der Waals surface area (Å²) in [5.74, 6) is -1.60. The van der Waals surface area contributed by atoms with Gasteiger partial charge in [-0.15, -0.1) is 0 Å². The number of aryl methyl sites for hydroxylation is 1. The molecule has 0 saturated carbocycles. The van der Waals surface area contributed by atoms with Gasteiger partial charge in [0, 0.05) is 10.7 Å². The molecule has 0 unspecified atom stereocenters. The molecule has 0 atom stereocenters. The van der Waals surface area contributed by atoms with Crippen LogP contribution in [0.15, 0.2) is 21.5 Å². The summed E-state index contributed by atoms with van der Waals surface area (Å²) < 4.78 is 28.2. The van der Waals surface area contributed by atoms with Crippen LogP contribution in [0, 0.1) is 11.6 Å². The van der Waals surface area contributed by atoms with Crippen LogP contribution in [0.3, 0.4) is 0 Å². The molecule has 16 heavy (non-hydrogen) atoms. The first kappa shape index (κ1) is 11.2. The summed E-state index contributed by atoms with van der Waals surface area (Å²) >= 11 is 3.03. The van der Waals surface area contributed by atoms with Crippen molar-refractivity contribution in [2.75, 3.05) is 0 Å². The van der Waals surface area contributed by atoms with E-state index in [1.54, 1.807) is 6.92 Å². The zero-order valence-corrected chi connectivity index (χ0v) is 9.88. The Bertz CT molecular complexity index is 624. The van der Waals surface area contributed by atoms with Crippen molar-refractivity contribution in [3.8, 4) is 0 Å². The van der Waals surface area contributed by atoms with Gasteiger partial charge in [0.25, 0.3) is 5.56 Å². The molecule has 0 aromatic carbocycles. The number of hydrogen-bond donors (Lipinski definition) is 0. The molecule has 84 valence electrons. The monoisotopic (exact) mass is 288 g/mol. The van der Waals surface area contributed by atoms with Crippen molar-refractivity contribution in [3.05, 3.63) is 44.4 Å². The number of hydrogen-bond acceptors (Lipinski definition) is 2. The van der Waals surface area contributed by atoms with Crippen LogP contribution in [-0.4, -0.2) is 9.38 Å². The molecule has 0 aliphatic carbocycles. The lowest BCUT2D eigenvalue weighted by molar-refractivity contribution is 0.569. The normalized spacial score (nSPS) is 11.0. The van der Waals surface area contributed by atoms with Gasteiger partial charge < -0.3 is 0 Å². The summed E-state index contributed by atoms with van der Waals surface area (Å²) in [6.45, 7) is 1.65. The highest BCUT2D eigenvalue weighted by atomic mass is 79.9. The molecule has 0 saturated heterocycles. The Balaban J connectivity index is 2.99. The summed E-state index contributed by atoms with van der Waals surface area (Å²) in [6.07, 6.45) is 1.53. The van der Waals surface area contributed by atoms with E-state index in [2.05, 4.69) is 20.9 Å². The van der Waals surface area contributed by atoms with Crippen LogP contribution in [0.4, 0.5) is 8.78 Å². The molecule has 3 nitrogen and oxygen atoms in total. The first-order valence-corrected chi connectivity index (χ1v) is 5.39. The van der Waals surface area contributed by atoms with Crippen LogP contribution in [0.5, 0.6) is 0 Å². The summed E-state index contributed by atoms with van der Waals surface area (Å²) in [6, 6.07) is 1.18. The lowest BCUT2D eigenvalue weighted by atomic mass is 10.3. The van der Waals surface area contributed by atoms with E-state index >= 15 is 0 Å². The van der Waals surface area contributed by atoms with Crippen LogP contribution in [0.1, 0.15) is 12.6 Å². The van der Waals surface area contributed by atoms with E-state index in [0.717, 1.165) is 4.40 Å². The number of fused-ring (bicyclic) bond motifs is 1. The quantitative estimate of drug-likeness (QED) is 0.807. The van der Waals surface area contributed by atoms with Gasteiger partial charge in [0.1, 0.15) is 0 Å². The van der Waals surface area contributed by atoms with Crippen LogP contribution >= 0.6 is 15.9 Å². The Hall–Kier alpha value is -1.30. The average Bonchev–Trinajstić information content (AvgIpc) is 2.24. The summed E-state index contributed by atoms with van der Waals surface area (Å²) in [4.78, 5) is 15.4. The SMILES string of the molecule is CCc1nc2c(F)cc(Br)cn2c(=O)c1F. The zero-order valence-electron chi connectivity index (χ0n) is 8.30. The minimum Gasteiger partial charge on any atom is -0.265 e. The van der Waals surface area contributed by atoms with Crippen molar-refractivity contribution >= 4 is 21.6 Å². The summed E-state index contributed by atoms with van der Waals surface area (Å²) in [5.41, 5.74) is -1.07.